The molecular formula is C8H6Br2O3. The molecule has 2 N–H and O–H groups in total. The summed E-state index contributed by atoms with van der Waals surface area (Å²) >= 11 is 6.34. The summed E-state index contributed by atoms with van der Waals surface area (Å²) in [6.45, 7) is -0.296. The van der Waals surface area contributed by atoms with Crippen molar-refractivity contribution in [2.24, 2.45) is 0 Å². The second-order valence-corrected chi connectivity index (χ2v) is 4.15. The molecule has 0 unspecified atom stereocenters. The lowest BCUT2D eigenvalue weighted by Crippen LogP contribution is -2.03. The van der Waals surface area contributed by atoms with Crippen molar-refractivity contribution < 1.29 is 15.0 Å². The lowest BCUT2D eigenvalue weighted by atomic mass is 10.1. The van der Waals surface area contributed by atoms with Crippen LogP contribution in [0.5, 0.6) is 0 Å². The van der Waals surface area contributed by atoms with E-state index in [1.165, 1.54) is 6.07 Å². The fraction of sp³-hybridized carbons (Fsp3) is 0.125. The van der Waals surface area contributed by atoms with Crippen molar-refractivity contribution in [3.05, 3.63) is 32.2 Å². The van der Waals surface area contributed by atoms with Gasteiger partial charge in [0.05, 0.1) is 12.2 Å². The van der Waals surface area contributed by atoms with Gasteiger partial charge in [0.15, 0.2) is 0 Å². The fourth-order valence-electron chi connectivity index (χ4n) is 0.955. The SMILES string of the molecule is O=C(O)c1cc(Br)cc(Br)c1CO. The number of halogens is 2. The Bertz CT molecular complexity index is 349. The summed E-state index contributed by atoms with van der Waals surface area (Å²) in [6.07, 6.45) is 0. The van der Waals surface area contributed by atoms with Gasteiger partial charge in [-0.05, 0) is 12.1 Å². The summed E-state index contributed by atoms with van der Waals surface area (Å²) in [5, 5.41) is 17.7. The number of hydrogen-bond acceptors (Lipinski definition) is 2. The number of hydrogen-bond donors (Lipinski definition) is 2. The van der Waals surface area contributed by atoms with Gasteiger partial charge in [0.2, 0.25) is 0 Å². The molecule has 0 aliphatic carbocycles. The number of carboxylic acid groups (broad SMARTS) is 1. The predicted octanol–water partition coefficient (Wildman–Crippen LogP) is 2.40. The Morgan fingerprint density at radius 3 is 2.46 bits per heavy atom. The van der Waals surface area contributed by atoms with E-state index < -0.39 is 5.97 Å². The quantitative estimate of drug-likeness (QED) is 0.882. The molecule has 0 fully saturated rings. The van der Waals surface area contributed by atoms with Crippen LogP contribution in [0.25, 0.3) is 0 Å². The van der Waals surface area contributed by atoms with E-state index in [1.807, 2.05) is 0 Å². The third-order valence-corrected chi connectivity index (χ3v) is 2.71. The summed E-state index contributed by atoms with van der Waals surface area (Å²) in [5.41, 5.74) is 0.486. The number of carbonyl (C=O) groups is 1. The molecule has 1 aromatic carbocycles. The highest BCUT2D eigenvalue weighted by atomic mass is 79.9. The van der Waals surface area contributed by atoms with Crippen LogP contribution >= 0.6 is 31.9 Å². The van der Waals surface area contributed by atoms with Gasteiger partial charge < -0.3 is 10.2 Å². The molecule has 0 spiro atoms. The molecule has 0 radical (unpaired) electrons. The molecule has 3 nitrogen and oxygen atoms in total. The highest BCUT2D eigenvalue weighted by Crippen LogP contribution is 2.26. The van der Waals surface area contributed by atoms with Gasteiger partial charge in [0.1, 0.15) is 0 Å². The van der Waals surface area contributed by atoms with Crippen molar-refractivity contribution in [3.63, 3.8) is 0 Å². The number of benzene rings is 1. The van der Waals surface area contributed by atoms with Crippen molar-refractivity contribution in [1.29, 1.82) is 0 Å². The average molecular weight is 310 g/mol. The topological polar surface area (TPSA) is 57.5 Å². The van der Waals surface area contributed by atoms with Gasteiger partial charge in [-0.15, -0.1) is 0 Å². The minimum Gasteiger partial charge on any atom is -0.478 e. The number of aliphatic hydroxyl groups excluding tert-OH is 1. The Kier molecular flexibility index (Phi) is 3.47. The summed E-state index contributed by atoms with van der Waals surface area (Å²) < 4.78 is 1.25. The standard InChI is InChI=1S/C8H6Br2O3/c9-4-1-5(8(12)13)6(3-11)7(10)2-4/h1-2,11H,3H2,(H,12,13). The van der Waals surface area contributed by atoms with E-state index in [0.717, 1.165) is 0 Å². The van der Waals surface area contributed by atoms with Crippen molar-refractivity contribution >= 4 is 37.8 Å². The normalized spacial score (nSPS) is 10.1. The molecule has 70 valence electrons. The zero-order chi connectivity index (χ0) is 10.0. The minimum absolute atomic E-state index is 0.101. The predicted molar refractivity (Wildman–Crippen MR) is 54.7 cm³/mol. The van der Waals surface area contributed by atoms with Gasteiger partial charge in [-0.1, -0.05) is 31.9 Å². The second-order valence-electron chi connectivity index (χ2n) is 2.38. The molecule has 0 saturated heterocycles. The molecule has 0 saturated carbocycles. The van der Waals surface area contributed by atoms with Crippen LogP contribution in [0, 0.1) is 0 Å². The monoisotopic (exact) mass is 308 g/mol. The van der Waals surface area contributed by atoms with Crippen LogP contribution in [0.1, 0.15) is 15.9 Å². The zero-order valence-corrected chi connectivity index (χ0v) is 9.59. The molecular weight excluding hydrogens is 304 g/mol. The first-order valence-electron chi connectivity index (χ1n) is 3.38. The van der Waals surface area contributed by atoms with E-state index in [-0.39, 0.29) is 12.2 Å². The first-order valence-corrected chi connectivity index (χ1v) is 4.97. The van der Waals surface area contributed by atoms with Crippen LogP contribution in [0.2, 0.25) is 0 Å². The highest BCUT2D eigenvalue weighted by Gasteiger charge is 2.13. The molecule has 0 aliphatic heterocycles. The van der Waals surface area contributed by atoms with Gasteiger partial charge in [0.25, 0.3) is 0 Å². The number of aromatic carboxylic acids is 1. The Hall–Kier alpha value is -0.390. The van der Waals surface area contributed by atoms with Gasteiger partial charge >= 0.3 is 5.97 Å². The van der Waals surface area contributed by atoms with E-state index >= 15 is 0 Å². The molecule has 1 aromatic rings. The van der Waals surface area contributed by atoms with E-state index in [0.29, 0.717) is 14.5 Å². The molecule has 0 heterocycles. The molecule has 0 atom stereocenters. The van der Waals surface area contributed by atoms with Crippen LogP contribution in [-0.2, 0) is 6.61 Å². The third kappa shape index (κ3) is 2.30. The smallest absolute Gasteiger partial charge is 0.336 e. The van der Waals surface area contributed by atoms with Crippen molar-refractivity contribution in [3.8, 4) is 0 Å². The molecule has 1 rings (SSSR count). The third-order valence-electron chi connectivity index (χ3n) is 1.55. The van der Waals surface area contributed by atoms with E-state index in [1.54, 1.807) is 6.07 Å². The van der Waals surface area contributed by atoms with Crippen molar-refractivity contribution in [2.75, 3.05) is 0 Å². The molecule has 0 amide bonds. The fourth-order valence-corrected chi connectivity index (χ4v) is 2.31. The van der Waals surface area contributed by atoms with E-state index in [9.17, 15) is 4.79 Å². The van der Waals surface area contributed by atoms with Gasteiger partial charge in [-0.3, -0.25) is 0 Å². The van der Waals surface area contributed by atoms with Crippen LogP contribution in [0.15, 0.2) is 21.1 Å². The zero-order valence-electron chi connectivity index (χ0n) is 6.42. The lowest BCUT2D eigenvalue weighted by Gasteiger charge is -2.06. The number of aliphatic hydroxyl groups is 1. The molecule has 13 heavy (non-hydrogen) atoms. The molecule has 5 heteroatoms. The van der Waals surface area contributed by atoms with Gasteiger partial charge in [-0.25, -0.2) is 4.79 Å². The number of rotatable bonds is 2. The van der Waals surface area contributed by atoms with E-state index in [2.05, 4.69) is 31.9 Å². The Labute approximate surface area is 91.6 Å². The van der Waals surface area contributed by atoms with Gasteiger partial charge in [0, 0.05) is 14.5 Å². The lowest BCUT2D eigenvalue weighted by molar-refractivity contribution is 0.0693. The molecule has 0 aliphatic rings. The largest absolute Gasteiger partial charge is 0.478 e. The summed E-state index contributed by atoms with van der Waals surface area (Å²) in [7, 11) is 0. The maximum absolute atomic E-state index is 10.7. The van der Waals surface area contributed by atoms with E-state index in [4.69, 9.17) is 10.2 Å². The Morgan fingerprint density at radius 2 is 2.00 bits per heavy atom. The summed E-state index contributed by atoms with van der Waals surface area (Å²) in [5.74, 6) is -1.05. The minimum atomic E-state index is -1.05. The van der Waals surface area contributed by atoms with Crippen LogP contribution in [0.3, 0.4) is 0 Å². The van der Waals surface area contributed by atoms with Gasteiger partial charge in [-0.2, -0.15) is 0 Å². The second kappa shape index (κ2) is 4.21. The molecule has 0 bridgehead atoms. The van der Waals surface area contributed by atoms with Crippen molar-refractivity contribution in [1.82, 2.24) is 0 Å². The summed E-state index contributed by atoms with van der Waals surface area (Å²) in [6, 6.07) is 3.15. The first kappa shape index (κ1) is 10.7. The molecule has 0 aromatic heterocycles. The maximum atomic E-state index is 10.7. The summed E-state index contributed by atoms with van der Waals surface area (Å²) in [4.78, 5) is 10.7. The number of carboxylic acids is 1. The Balaban J connectivity index is 3.38. The highest BCUT2D eigenvalue weighted by molar-refractivity contribution is 9.11. The Morgan fingerprint density at radius 1 is 1.38 bits per heavy atom. The maximum Gasteiger partial charge on any atom is 0.336 e. The first-order chi connectivity index (χ1) is 6.06. The van der Waals surface area contributed by atoms with Crippen molar-refractivity contribution in [2.45, 2.75) is 6.61 Å². The van der Waals surface area contributed by atoms with Crippen LogP contribution in [-0.4, -0.2) is 16.2 Å². The van der Waals surface area contributed by atoms with Crippen LogP contribution < -0.4 is 0 Å². The average Bonchev–Trinajstić information content (AvgIpc) is 2.02. The van der Waals surface area contributed by atoms with Crippen LogP contribution in [0.4, 0.5) is 0 Å².